The van der Waals surface area contributed by atoms with Gasteiger partial charge in [0.1, 0.15) is 5.54 Å². The Morgan fingerprint density at radius 3 is 2.21 bits per heavy atom. The average Bonchev–Trinajstić information content (AvgIpc) is 2.71. The quantitative estimate of drug-likeness (QED) is 0.782. The van der Waals surface area contributed by atoms with Crippen LogP contribution in [0, 0.1) is 11.3 Å². The van der Waals surface area contributed by atoms with Crippen LogP contribution in [0.25, 0.3) is 0 Å². The van der Waals surface area contributed by atoms with Gasteiger partial charge in [-0.3, -0.25) is 0 Å². The molecule has 5 heteroatoms. The van der Waals surface area contributed by atoms with Gasteiger partial charge < -0.3 is 15.1 Å². The molecule has 1 N–H and O–H groups in total. The summed E-state index contributed by atoms with van der Waals surface area (Å²) in [6.45, 7) is 3.39. The second-order valence-corrected chi connectivity index (χ2v) is 5.83. The first-order valence-corrected chi connectivity index (χ1v) is 7.32. The van der Waals surface area contributed by atoms with Crippen LogP contribution in [0.4, 0.5) is 4.79 Å². The van der Waals surface area contributed by atoms with E-state index in [1.54, 1.807) is 0 Å². The van der Waals surface area contributed by atoms with Crippen LogP contribution < -0.4 is 5.32 Å². The van der Waals surface area contributed by atoms with Crippen molar-refractivity contribution in [3.63, 3.8) is 0 Å². The normalized spacial score (nSPS) is 24.3. The molecule has 0 saturated carbocycles. The van der Waals surface area contributed by atoms with E-state index in [2.05, 4.69) is 23.3 Å². The minimum absolute atomic E-state index is 0.0481. The van der Waals surface area contributed by atoms with Crippen molar-refractivity contribution >= 4 is 6.03 Å². The number of nitriles is 1. The Morgan fingerprint density at radius 1 is 1.11 bits per heavy atom. The van der Waals surface area contributed by atoms with E-state index < -0.39 is 5.54 Å². The monoisotopic (exact) mass is 264 g/mol. The number of urea groups is 1. The number of likely N-dealkylation sites (tertiary alicyclic amines) is 2. The maximum Gasteiger partial charge on any atom is 0.318 e. The van der Waals surface area contributed by atoms with Gasteiger partial charge >= 0.3 is 6.03 Å². The molecule has 0 aliphatic carbocycles. The number of rotatable bonds is 1. The largest absolute Gasteiger partial charge is 0.325 e. The van der Waals surface area contributed by atoms with E-state index in [4.69, 9.17) is 0 Å². The molecule has 2 fully saturated rings. The van der Waals surface area contributed by atoms with Crippen molar-refractivity contribution < 1.29 is 4.79 Å². The van der Waals surface area contributed by atoms with E-state index in [1.807, 2.05) is 4.90 Å². The van der Waals surface area contributed by atoms with Crippen LogP contribution in [0.5, 0.6) is 0 Å². The first kappa shape index (κ1) is 14.1. The lowest BCUT2D eigenvalue weighted by Gasteiger charge is -2.37. The van der Waals surface area contributed by atoms with Gasteiger partial charge in [0.15, 0.2) is 0 Å². The van der Waals surface area contributed by atoms with Gasteiger partial charge in [0.2, 0.25) is 0 Å². The molecule has 5 nitrogen and oxygen atoms in total. The van der Waals surface area contributed by atoms with E-state index in [1.165, 1.54) is 12.8 Å². The molecule has 2 aliphatic heterocycles. The smallest absolute Gasteiger partial charge is 0.318 e. The summed E-state index contributed by atoms with van der Waals surface area (Å²) in [7, 11) is 2.05. The first-order chi connectivity index (χ1) is 9.15. The van der Waals surface area contributed by atoms with Crippen molar-refractivity contribution in [1.29, 1.82) is 5.26 Å². The van der Waals surface area contributed by atoms with Gasteiger partial charge in [-0.05, 0) is 32.7 Å². The fraction of sp³-hybridized carbons (Fsp3) is 0.857. The van der Waals surface area contributed by atoms with Gasteiger partial charge in [0.05, 0.1) is 6.07 Å². The number of hydrogen-bond donors (Lipinski definition) is 1. The zero-order valence-corrected chi connectivity index (χ0v) is 11.8. The predicted octanol–water partition coefficient (Wildman–Crippen LogP) is 1.56. The molecule has 2 amide bonds. The highest BCUT2D eigenvalue weighted by Gasteiger charge is 2.36. The molecule has 19 heavy (non-hydrogen) atoms. The molecular formula is C14H24N4O. The van der Waals surface area contributed by atoms with Gasteiger partial charge in [-0.1, -0.05) is 12.8 Å². The van der Waals surface area contributed by atoms with Crippen LogP contribution in [0.3, 0.4) is 0 Å². The number of hydrogen-bond acceptors (Lipinski definition) is 3. The molecule has 2 saturated heterocycles. The second kappa shape index (κ2) is 6.25. The van der Waals surface area contributed by atoms with Gasteiger partial charge in [-0.25, -0.2) is 4.79 Å². The zero-order valence-electron chi connectivity index (χ0n) is 11.8. The summed E-state index contributed by atoms with van der Waals surface area (Å²) in [6.07, 6.45) is 6.01. The first-order valence-electron chi connectivity index (χ1n) is 7.32. The predicted molar refractivity (Wildman–Crippen MR) is 73.6 cm³/mol. The molecule has 106 valence electrons. The van der Waals surface area contributed by atoms with E-state index in [-0.39, 0.29) is 6.03 Å². The number of nitrogens with one attached hydrogen (secondary N) is 1. The Morgan fingerprint density at radius 2 is 1.68 bits per heavy atom. The maximum atomic E-state index is 12.3. The minimum atomic E-state index is -0.657. The molecule has 0 bridgehead atoms. The van der Waals surface area contributed by atoms with E-state index in [0.717, 1.165) is 51.9 Å². The summed E-state index contributed by atoms with van der Waals surface area (Å²) in [5.41, 5.74) is -0.657. The number of carbonyl (C=O) groups is 1. The maximum absolute atomic E-state index is 12.3. The molecule has 0 radical (unpaired) electrons. The van der Waals surface area contributed by atoms with Gasteiger partial charge in [0, 0.05) is 26.2 Å². The Hall–Kier alpha value is -1.28. The Balaban J connectivity index is 1.94. The third-order valence-electron chi connectivity index (χ3n) is 4.29. The summed E-state index contributed by atoms with van der Waals surface area (Å²) in [5, 5.41) is 12.4. The van der Waals surface area contributed by atoms with Crippen LogP contribution in [0.15, 0.2) is 0 Å². The third kappa shape index (κ3) is 3.60. The SMILES string of the molecule is CN1CCC(C#N)(NC(=O)N2CCCCCC2)CC1. The number of nitrogens with zero attached hydrogens (tertiary/aromatic N) is 3. The number of carbonyl (C=O) groups excluding carboxylic acids is 1. The lowest BCUT2D eigenvalue weighted by atomic mass is 9.89. The molecule has 0 spiro atoms. The molecule has 2 aliphatic rings. The summed E-state index contributed by atoms with van der Waals surface area (Å²) in [5.74, 6) is 0. The molecule has 0 aromatic heterocycles. The van der Waals surface area contributed by atoms with E-state index in [9.17, 15) is 10.1 Å². The van der Waals surface area contributed by atoms with Crippen molar-refractivity contribution in [2.45, 2.75) is 44.1 Å². The molecule has 0 aromatic carbocycles. The van der Waals surface area contributed by atoms with Gasteiger partial charge in [-0.2, -0.15) is 5.26 Å². The molecule has 0 aromatic rings. The third-order valence-corrected chi connectivity index (χ3v) is 4.29. The van der Waals surface area contributed by atoms with E-state index in [0.29, 0.717) is 0 Å². The van der Waals surface area contributed by atoms with Crippen LogP contribution in [0.2, 0.25) is 0 Å². The van der Waals surface area contributed by atoms with Crippen LogP contribution in [0.1, 0.15) is 38.5 Å². The van der Waals surface area contributed by atoms with Crippen molar-refractivity contribution in [2.75, 3.05) is 33.2 Å². The molecular weight excluding hydrogens is 240 g/mol. The summed E-state index contributed by atoms with van der Waals surface area (Å²) >= 11 is 0. The summed E-state index contributed by atoms with van der Waals surface area (Å²) < 4.78 is 0. The fourth-order valence-corrected chi connectivity index (χ4v) is 2.82. The minimum Gasteiger partial charge on any atom is -0.325 e. The highest BCUT2D eigenvalue weighted by molar-refractivity contribution is 5.75. The Labute approximate surface area is 115 Å². The molecule has 2 rings (SSSR count). The average molecular weight is 264 g/mol. The van der Waals surface area contributed by atoms with E-state index >= 15 is 0 Å². The van der Waals surface area contributed by atoms with Crippen molar-refractivity contribution in [3.05, 3.63) is 0 Å². The lowest BCUT2D eigenvalue weighted by Crippen LogP contribution is -2.57. The number of amides is 2. The zero-order chi connectivity index (χ0) is 13.7. The summed E-state index contributed by atoms with van der Waals surface area (Å²) in [6, 6.07) is 2.29. The van der Waals surface area contributed by atoms with Crippen molar-refractivity contribution in [1.82, 2.24) is 15.1 Å². The van der Waals surface area contributed by atoms with Crippen molar-refractivity contribution in [2.24, 2.45) is 0 Å². The molecule has 0 atom stereocenters. The standard InChI is InChI=1S/C14H24N4O/c1-17-10-6-14(12-15,7-11-17)16-13(19)18-8-4-2-3-5-9-18/h2-11H2,1H3,(H,16,19). The highest BCUT2D eigenvalue weighted by atomic mass is 16.2. The van der Waals surface area contributed by atoms with Crippen LogP contribution in [-0.4, -0.2) is 54.6 Å². The lowest BCUT2D eigenvalue weighted by molar-refractivity contribution is 0.165. The Kier molecular flexibility index (Phi) is 4.65. The fourth-order valence-electron chi connectivity index (χ4n) is 2.82. The van der Waals surface area contributed by atoms with Crippen LogP contribution >= 0.6 is 0 Å². The molecule has 2 heterocycles. The Bertz CT molecular complexity index is 347. The van der Waals surface area contributed by atoms with Crippen LogP contribution in [-0.2, 0) is 0 Å². The highest BCUT2D eigenvalue weighted by Crippen LogP contribution is 2.21. The summed E-state index contributed by atoms with van der Waals surface area (Å²) in [4.78, 5) is 16.4. The van der Waals surface area contributed by atoms with Crippen molar-refractivity contribution in [3.8, 4) is 6.07 Å². The molecule has 0 unspecified atom stereocenters. The van der Waals surface area contributed by atoms with Gasteiger partial charge in [-0.15, -0.1) is 0 Å². The van der Waals surface area contributed by atoms with Gasteiger partial charge in [0.25, 0.3) is 0 Å². The topological polar surface area (TPSA) is 59.4 Å². The number of piperidine rings is 1. The second-order valence-electron chi connectivity index (χ2n) is 5.83.